The fraction of sp³-hybridized carbons (Fsp3) is 0.278. The van der Waals surface area contributed by atoms with Gasteiger partial charge in [0.15, 0.2) is 0 Å². The van der Waals surface area contributed by atoms with Crippen LogP contribution in [-0.4, -0.2) is 22.3 Å². The van der Waals surface area contributed by atoms with E-state index in [4.69, 9.17) is 21.7 Å². The van der Waals surface area contributed by atoms with E-state index in [1.54, 1.807) is 23.9 Å². The molecule has 0 bridgehead atoms. The Morgan fingerprint density at radius 3 is 2.74 bits per heavy atom. The molecule has 1 atom stereocenters. The van der Waals surface area contributed by atoms with E-state index in [9.17, 15) is 4.79 Å². The summed E-state index contributed by atoms with van der Waals surface area (Å²) in [5, 5.41) is 2.82. The van der Waals surface area contributed by atoms with Crippen LogP contribution >= 0.6 is 12.2 Å². The van der Waals surface area contributed by atoms with Crippen LogP contribution < -0.4 is 15.0 Å². The number of fused-ring (bicyclic) bond motifs is 1. The summed E-state index contributed by atoms with van der Waals surface area (Å²) in [6.45, 7) is 3.85. The maximum atomic E-state index is 12.4. The van der Waals surface area contributed by atoms with E-state index in [1.165, 1.54) is 6.07 Å². The number of hydrogen-bond donors (Lipinski definition) is 0. The number of nitrogens with zero attached hydrogens (tertiary/aromatic N) is 1. The van der Waals surface area contributed by atoms with Gasteiger partial charge in [-0.2, -0.15) is 0 Å². The van der Waals surface area contributed by atoms with Crippen LogP contribution in [0.5, 0.6) is 11.5 Å². The number of benzene rings is 1. The Morgan fingerprint density at radius 1 is 1.30 bits per heavy atom. The molecule has 1 unspecified atom stereocenters. The van der Waals surface area contributed by atoms with Gasteiger partial charge in [-0.1, -0.05) is 6.07 Å². The molecule has 0 saturated heterocycles. The van der Waals surface area contributed by atoms with E-state index in [0.29, 0.717) is 11.5 Å². The minimum Gasteiger partial charge on any atom is -0.497 e. The van der Waals surface area contributed by atoms with Gasteiger partial charge < -0.3 is 14.0 Å². The third-order valence-corrected chi connectivity index (χ3v) is 4.26. The van der Waals surface area contributed by atoms with Crippen LogP contribution in [0.25, 0.3) is 0 Å². The lowest BCUT2D eigenvalue weighted by Gasteiger charge is -2.39. The number of aromatic nitrogens is 1. The first-order valence-electron chi connectivity index (χ1n) is 7.27. The molecule has 1 aromatic heterocycles. The maximum Gasteiger partial charge on any atom is 0.251 e. The summed E-state index contributed by atoms with van der Waals surface area (Å²) >= 11 is 5.12. The van der Waals surface area contributed by atoms with Crippen LogP contribution in [-0.2, 0) is 0 Å². The van der Waals surface area contributed by atoms with E-state index >= 15 is 0 Å². The lowest BCUT2D eigenvalue weighted by molar-refractivity contribution is 0.124. The minimum absolute atomic E-state index is 0.105. The van der Waals surface area contributed by atoms with Crippen LogP contribution in [0.2, 0.25) is 0 Å². The molecule has 0 N–H and O–H groups in total. The van der Waals surface area contributed by atoms with Crippen molar-refractivity contribution in [3.63, 3.8) is 0 Å². The Labute approximate surface area is 140 Å². The van der Waals surface area contributed by atoms with E-state index < -0.39 is 5.60 Å². The van der Waals surface area contributed by atoms with Crippen molar-refractivity contribution < 1.29 is 9.47 Å². The Kier molecular flexibility index (Phi) is 3.84. The van der Waals surface area contributed by atoms with Crippen LogP contribution in [0.3, 0.4) is 0 Å². The van der Waals surface area contributed by atoms with Gasteiger partial charge in [-0.25, -0.2) is 0 Å². The number of ether oxygens (including phenoxy) is 2. The SMILES string of the molecule is COc1ccc2c(c1)C(n1ccccc1=O)C(=C=S)C(C)(C)O2. The number of hydrogen-bond acceptors (Lipinski definition) is 4. The van der Waals surface area contributed by atoms with Crippen LogP contribution in [0.15, 0.2) is 53.0 Å². The quantitative estimate of drug-likeness (QED) is 0.795. The molecule has 0 saturated carbocycles. The second-order valence-electron chi connectivity index (χ2n) is 5.88. The van der Waals surface area contributed by atoms with Gasteiger partial charge in [-0.05, 0) is 55.4 Å². The molecule has 0 spiro atoms. The Morgan fingerprint density at radius 2 is 2.09 bits per heavy atom. The van der Waals surface area contributed by atoms with E-state index in [1.807, 2.05) is 38.1 Å². The molecule has 5 heteroatoms. The summed E-state index contributed by atoms with van der Waals surface area (Å²) in [7, 11) is 1.61. The summed E-state index contributed by atoms with van der Waals surface area (Å²) in [6.07, 6.45) is 1.75. The predicted octanol–water partition coefficient (Wildman–Crippen LogP) is 3.14. The first-order chi connectivity index (χ1) is 11.0. The average Bonchev–Trinajstić information content (AvgIpc) is 2.53. The van der Waals surface area contributed by atoms with E-state index in [2.05, 4.69) is 5.02 Å². The molecule has 0 amide bonds. The highest BCUT2D eigenvalue weighted by molar-refractivity contribution is 7.78. The van der Waals surface area contributed by atoms with E-state index in [-0.39, 0.29) is 11.6 Å². The monoisotopic (exact) mass is 327 g/mol. The Balaban J connectivity index is 2.32. The van der Waals surface area contributed by atoms with Crippen LogP contribution in [0, 0.1) is 0 Å². The van der Waals surface area contributed by atoms with Gasteiger partial charge in [0.05, 0.1) is 18.7 Å². The van der Waals surface area contributed by atoms with Crippen LogP contribution in [0.4, 0.5) is 0 Å². The van der Waals surface area contributed by atoms with Crippen molar-refractivity contribution in [1.29, 1.82) is 0 Å². The summed E-state index contributed by atoms with van der Waals surface area (Å²) in [4.78, 5) is 12.4. The van der Waals surface area contributed by atoms with Crippen molar-refractivity contribution in [1.82, 2.24) is 4.57 Å². The van der Waals surface area contributed by atoms with Crippen molar-refractivity contribution in [2.24, 2.45) is 0 Å². The molecule has 1 aliphatic heterocycles. The van der Waals surface area contributed by atoms with Crippen molar-refractivity contribution in [2.75, 3.05) is 7.11 Å². The molecule has 23 heavy (non-hydrogen) atoms. The summed E-state index contributed by atoms with van der Waals surface area (Å²) in [6, 6.07) is 10.3. The minimum atomic E-state index is -0.650. The lowest BCUT2D eigenvalue weighted by atomic mass is 9.84. The highest BCUT2D eigenvalue weighted by atomic mass is 32.1. The molecule has 1 aliphatic rings. The van der Waals surface area contributed by atoms with Gasteiger partial charge in [0.2, 0.25) is 0 Å². The van der Waals surface area contributed by atoms with Crippen LogP contribution in [0.1, 0.15) is 25.5 Å². The Hall–Kier alpha value is -2.36. The molecular weight excluding hydrogens is 310 g/mol. The second kappa shape index (κ2) is 5.69. The van der Waals surface area contributed by atoms with Crippen molar-refractivity contribution in [2.45, 2.75) is 25.5 Å². The Bertz CT molecular complexity index is 863. The van der Waals surface area contributed by atoms with Crippen molar-refractivity contribution >= 4 is 17.2 Å². The number of pyridine rings is 1. The summed E-state index contributed by atoms with van der Waals surface area (Å²) in [5.41, 5.74) is 0.820. The van der Waals surface area contributed by atoms with Gasteiger partial charge in [-0.3, -0.25) is 4.79 Å². The normalized spacial score (nSPS) is 18.6. The zero-order valence-electron chi connectivity index (χ0n) is 13.2. The predicted molar refractivity (Wildman–Crippen MR) is 92.7 cm³/mol. The average molecular weight is 327 g/mol. The molecule has 3 rings (SSSR count). The molecule has 0 fully saturated rings. The van der Waals surface area contributed by atoms with E-state index in [0.717, 1.165) is 11.1 Å². The smallest absolute Gasteiger partial charge is 0.251 e. The maximum absolute atomic E-state index is 12.4. The topological polar surface area (TPSA) is 40.5 Å². The molecule has 2 aromatic rings. The molecular formula is C18H17NO3S. The number of methoxy groups -OCH3 is 1. The summed E-state index contributed by atoms with van der Waals surface area (Å²) in [5.74, 6) is 1.41. The highest BCUT2D eigenvalue weighted by Crippen LogP contribution is 2.45. The zero-order valence-corrected chi connectivity index (χ0v) is 14.0. The molecule has 0 radical (unpaired) electrons. The van der Waals surface area contributed by atoms with Gasteiger partial charge in [0.25, 0.3) is 5.56 Å². The first-order valence-corrected chi connectivity index (χ1v) is 7.68. The lowest BCUT2D eigenvalue weighted by Crippen LogP contribution is -2.42. The molecule has 1 aromatic carbocycles. The third kappa shape index (κ3) is 2.58. The van der Waals surface area contributed by atoms with Gasteiger partial charge in [0, 0.05) is 17.8 Å². The fourth-order valence-corrected chi connectivity index (χ4v) is 3.25. The van der Waals surface area contributed by atoms with Gasteiger partial charge in [0.1, 0.15) is 17.1 Å². The van der Waals surface area contributed by atoms with Gasteiger partial charge >= 0.3 is 0 Å². The molecule has 118 valence electrons. The van der Waals surface area contributed by atoms with Gasteiger partial charge in [-0.15, -0.1) is 0 Å². The molecule has 4 nitrogen and oxygen atoms in total. The first kappa shape index (κ1) is 15.5. The van der Waals surface area contributed by atoms with Crippen molar-refractivity contribution in [3.05, 3.63) is 64.1 Å². The molecule has 2 heterocycles. The largest absolute Gasteiger partial charge is 0.497 e. The second-order valence-corrected chi connectivity index (χ2v) is 6.08. The number of thiocarbonyl (C=S) groups is 1. The molecule has 0 aliphatic carbocycles. The zero-order chi connectivity index (χ0) is 16.6. The third-order valence-electron chi connectivity index (χ3n) is 4.04. The standard InChI is InChI=1S/C18H17NO3S/c1-18(2)14(11-23)17(19-9-5-4-6-16(19)20)13-10-12(21-3)7-8-15(13)22-18/h4-10,17H,1-3H3. The van der Waals surface area contributed by atoms with Crippen molar-refractivity contribution in [3.8, 4) is 11.5 Å². The number of rotatable bonds is 2. The summed E-state index contributed by atoms with van der Waals surface area (Å²) < 4.78 is 13.0. The fourth-order valence-electron chi connectivity index (χ4n) is 2.90. The highest BCUT2D eigenvalue weighted by Gasteiger charge is 2.40.